The number of benzene rings is 2. The Kier molecular flexibility index (Phi) is 8.90. The molecule has 0 aliphatic carbocycles. The van der Waals surface area contributed by atoms with Crippen molar-refractivity contribution in [3.63, 3.8) is 0 Å². The van der Waals surface area contributed by atoms with Gasteiger partial charge in [-0.2, -0.15) is 0 Å². The van der Waals surface area contributed by atoms with Crippen molar-refractivity contribution in [1.82, 2.24) is 9.80 Å². The lowest BCUT2D eigenvalue weighted by Crippen LogP contribution is -2.48. The standard InChI is InChI=1S/C28H38BrN3O2/c1-3-23-9-8-22(2)32(21-23)14-5-19-34-27-12-10-26(11-13-27)30-15-17-31(18-16-30)28(33)24-6-4-7-25(29)20-24/h4,6-7,10-13,20,22-23H,3,5,8-9,14-19,21H2,1-2H3. The van der Waals surface area contributed by atoms with Gasteiger partial charge in [-0.1, -0.05) is 35.3 Å². The molecule has 2 unspecified atom stereocenters. The highest BCUT2D eigenvalue weighted by Crippen LogP contribution is 2.25. The molecule has 5 nitrogen and oxygen atoms in total. The summed E-state index contributed by atoms with van der Waals surface area (Å²) in [4.78, 5) is 19.7. The Morgan fingerprint density at radius 3 is 2.53 bits per heavy atom. The predicted octanol–water partition coefficient (Wildman–Crippen LogP) is 5.69. The molecule has 2 fully saturated rings. The van der Waals surface area contributed by atoms with Crippen LogP contribution in [0, 0.1) is 5.92 Å². The number of carbonyl (C=O) groups excluding carboxylic acids is 1. The maximum absolute atomic E-state index is 12.8. The molecule has 0 saturated carbocycles. The third-order valence-electron chi connectivity index (χ3n) is 7.38. The van der Waals surface area contributed by atoms with Gasteiger partial charge in [0.1, 0.15) is 5.75 Å². The fourth-order valence-corrected chi connectivity index (χ4v) is 5.49. The molecule has 184 valence electrons. The first-order valence-corrected chi connectivity index (χ1v) is 13.6. The smallest absolute Gasteiger partial charge is 0.254 e. The fraction of sp³-hybridized carbons (Fsp3) is 0.536. The second-order valence-corrected chi connectivity index (χ2v) is 10.6. The number of hydrogen-bond donors (Lipinski definition) is 0. The average molecular weight is 529 g/mol. The van der Waals surface area contributed by atoms with Gasteiger partial charge in [0.2, 0.25) is 0 Å². The Bertz CT molecular complexity index is 928. The van der Waals surface area contributed by atoms with Crippen molar-refractivity contribution in [3.05, 3.63) is 58.6 Å². The summed E-state index contributed by atoms with van der Waals surface area (Å²) < 4.78 is 6.97. The molecule has 2 saturated heterocycles. The molecule has 2 aromatic carbocycles. The van der Waals surface area contributed by atoms with Crippen LogP contribution >= 0.6 is 15.9 Å². The SMILES string of the molecule is CCC1CCC(C)N(CCCOc2ccc(N3CCN(C(=O)c4cccc(Br)c4)CC3)cc2)C1. The number of amides is 1. The molecular formula is C28H38BrN3O2. The number of rotatable bonds is 8. The second kappa shape index (κ2) is 12.1. The molecule has 0 N–H and O–H groups in total. The highest BCUT2D eigenvalue weighted by atomic mass is 79.9. The van der Waals surface area contributed by atoms with E-state index in [1.54, 1.807) is 0 Å². The molecule has 2 aliphatic heterocycles. The van der Waals surface area contributed by atoms with E-state index in [1.807, 2.05) is 29.2 Å². The van der Waals surface area contributed by atoms with Crippen molar-refractivity contribution in [2.24, 2.45) is 5.92 Å². The lowest BCUT2D eigenvalue weighted by atomic mass is 9.91. The van der Waals surface area contributed by atoms with Crippen molar-refractivity contribution in [2.45, 2.75) is 45.6 Å². The molecule has 6 heteroatoms. The number of hydrogen-bond acceptors (Lipinski definition) is 4. The largest absolute Gasteiger partial charge is 0.494 e. The van der Waals surface area contributed by atoms with E-state index in [2.05, 4.69) is 63.8 Å². The van der Waals surface area contributed by atoms with Gasteiger partial charge in [0.05, 0.1) is 6.61 Å². The van der Waals surface area contributed by atoms with Gasteiger partial charge >= 0.3 is 0 Å². The summed E-state index contributed by atoms with van der Waals surface area (Å²) in [6.45, 7) is 11.0. The number of anilines is 1. The summed E-state index contributed by atoms with van der Waals surface area (Å²) in [5, 5.41) is 0. The number of ether oxygens (including phenoxy) is 1. The van der Waals surface area contributed by atoms with Crippen LogP contribution in [0.2, 0.25) is 0 Å². The second-order valence-electron chi connectivity index (χ2n) is 9.68. The maximum atomic E-state index is 12.8. The van der Waals surface area contributed by atoms with Gasteiger partial charge in [-0.15, -0.1) is 0 Å². The zero-order chi connectivity index (χ0) is 23.9. The Morgan fingerprint density at radius 2 is 1.82 bits per heavy atom. The topological polar surface area (TPSA) is 36.0 Å². The number of piperazine rings is 1. The van der Waals surface area contributed by atoms with E-state index in [0.29, 0.717) is 6.04 Å². The van der Waals surface area contributed by atoms with Crippen LogP contribution in [0.25, 0.3) is 0 Å². The zero-order valence-corrected chi connectivity index (χ0v) is 22.2. The van der Waals surface area contributed by atoms with E-state index >= 15 is 0 Å². The molecule has 0 bridgehead atoms. The van der Waals surface area contributed by atoms with Gasteiger partial charge in [0.15, 0.2) is 0 Å². The maximum Gasteiger partial charge on any atom is 0.254 e. The van der Waals surface area contributed by atoms with Gasteiger partial charge in [0.25, 0.3) is 5.91 Å². The number of piperidine rings is 1. The summed E-state index contributed by atoms with van der Waals surface area (Å²) in [7, 11) is 0. The molecule has 2 atom stereocenters. The molecule has 0 spiro atoms. The molecule has 34 heavy (non-hydrogen) atoms. The van der Waals surface area contributed by atoms with Crippen molar-refractivity contribution < 1.29 is 9.53 Å². The van der Waals surface area contributed by atoms with Gasteiger partial charge in [-0.3, -0.25) is 4.79 Å². The molecule has 2 aliphatic rings. The number of carbonyl (C=O) groups is 1. The summed E-state index contributed by atoms with van der Waals surface area (Å²) in [6.07, 6.45) is 5.07. The Hall–Kier alpha value is -2.05. The highest BCUT2D eigenvalue weighted by molar-refractivity contribution is 9.10. The van der Waals surface area contributed by atoms with Crippen molar-refractivity contribution in [3.8, 4) is 5.75 Å². The van der Waals surface area contributed by atoms with Crippen LogP contribution in [0.3, 0.4) is 0 Å². The Balaban J connectivity index is 1.19. The minimum absolute atomic E-state index is 0.105. The monoisotopic (exact) mass is 527 g/mol. The molecule has 2 aromatic rings. The van der Waals surface area contributed by atoms with Gasteiger partial charge in [0, 0.05) is 61.0 Å². The van der Waals surface area contributed by atoms with E-state index in [9.17, 15) is 4.79 Å². The third kappa shape index (κ3) is 6.54. The van der Waals surface area contributed by atoms with Gasteiger partial charge < -0.3 is 19.4 Å². The molecule has 1 amide bonds. The fourth-order valence-electron chi connectivity index (χ4n) is 5.09. The number of halogens is 1. The van der Waals surface area contributed by atoms with Crippen LogP contribution in [0.4, 0.5) is 5.69 Å². The lowest BCUT2D eigenvalue weighted by molar-refractivity contribution is 0.0746. The summed E-state index contributed by atoms with van der Waals surface area (Å²) >= 11 is 3.45. The van der Waals surface area contributed by atoms with Crippen LogP contribution in [-0.4, -0.2) is 67.6 Å². The summed E-state index contributed by atoms with van der Waals surface area (Å²) in [5.74, 6) is 1.91. The molecule has 4 rings (SSSR count). The lowest BCUT2D eigenvalue weighted by Gasteiger charge is -2.37. The van der Waals surface area contributed by atoms with E-state index in [-0.39, 0.29) is 5.91 Å². The molecule has 2 heterocycles. The number of nitrogens with zero attached hydrogens (tertiary/aromatic N) is 3. The minimum atomic E-state index is 0.105. The molecule has 0 radical (unpaired) electrons. The first-order valence-electron chi connectivity index (χ1n) is 12.8. The van der Waals surface area contributed by atoms with E-state index in [0.717, 1.165) is 67.5 Å². The van der Waals surface area contributed by atoms with Crippen LogP contribution in [0.5, 0.6) is 5.75 Å². The summed E-state index contributed by atoms with van der Waals surface area (Å²) in [5.41, 5.74) is 1.93. The highest BCUT2D eigenvalue weighted by Gasteiger charge is 2.24. The quantitative estimate of drug-likeness (QED) is 0.413. The Morgan fingerprint density at radius 1 is 1.06 bits per heavy atom. The van der Waals surface area contributed by atoms with E-state index in [4.69, 9.17) is 4.74 Å². The van der Waals surface area contributed by atoms with Crippen molar-refractivity contribution >= 4 is 27.5 Å². The zero-order valence-electron chi connectivity index (χ0n) is 20.6. The molecule has 0 aromatic heterocycles. The van der Waals surface area contributed by atoms with Crippen molar-refractivity contribution in [1.29, 1.82) is 0 Å². The van der Waals surface area contributed by atoms with Crippen LogP contribution in [0.15, 0.2) is 53.0 Å². The van der Waals surface area contributed by atoms with Crippen LogP contribution < -0.4 is 9.64 Å². The number of likely N-dealkylation sites (tertiary alicyclic amines) is 1. The predicted molar refractivity (Wildman–Crippen MR) is 143 cm³/mol. The van der Waals surface area contributed by atoms with E-state index < -0.39 is 0 Å². The molecular weight excluding hydrogens is 490 g/mol. The average Bonchev–Trinajstić information content (AvgIpc) is 2.87. The Labute approximate surface area is 213 Å². The first kappa shape index (κ1) is 25.1. The minimum Gasteiger partial charge on any atom is -0.494 e. The van der Waals surface area contributed by atoms with Gasteiger partial charge in [-0.25, -0.2) is 0 Å². The van der Waals surface area contributed by atoms with Crippen molar-refractivity contribution in [2.75, 3.05) is 50.8 Å². The van der Waals surface area contributed by atoms with Crippen LogP contribution in [0.1, 0.15) is 49.9 Å². The van der Waals surface area contributed by atoms with E-state index in [1.165, 1.54) is 31.5 Å². The third-order valence-corrected chi connectivity index (χ3v) is 7.88. The summed E-state index contributed by atoms with van der Waals surface area (Å²) in [6, 6.07) is 16.8. The first-order chi connectivity index (χ1) is 16.5. The normalized spacial score (nSPS) is 21.5. The van der Waals surface area contributed by atoms with Crippen LogP contribution in [-0.2, 0) is 0 Å². The van der Waals surface area contributed by atoms with Gasteiger partial charge in [-0.05, 0) is 74.6 Å².